The molecule has 0 aromatic heterocycles. The highest BCUT2D eigenvalue weighted by Crippen LogP contribution is 2.43. The lowest BCUT2D eigenvalue weighted by Gasteiger charge is -2.09. The fourth-order valence-electron chi connectivity index (χ4n) is 2.24. The molecule has 0 radical (unpaired) electrons. The highest BCUT2D eigenvalue weighted by molar-refractivity contribution is 5.44. The molecule has 0 amide bonds. The Bertz CT molecular complexity index is 568. The SMILES string of the molecule is N[C@@H]1C[C@H]1c1ccc(OCc2ccccc2)cc1O. The van der Waals surface area contributed by atoms with Gasteiger partial charge in [0.25, 0.3) is 0 Å². The van der Waals surface area contributed by atoms with Crippen molar-refractivity contribution in [1.29, 1.82) is 0 Å². The molecule has 3 rings (SSSR count). The molecule has 2 atom stereocenters. The molecule has 3 heteroatoms. The third-order valence-electron chi connectivity index (χ3n) is 3.49. The van der Waals surface area contributed by atoms with Crippen molar-refractivity contribution in [3.63, 3.8) is 0 Å². The topological polar surface area (TPSA) is 55.5 Å². The first-order chi connectivity index (χ1) is 9.24. The molecule has 19 heavy (non-hydrogen) atoms. The van der Waals surface area contributed by atoms with Crippen molar-refractivity contribution in [1.82, 2.24) is 0 Å². The summed E-state index contributed by atoms with van der Waals surface area (Å²) in [5.41, 5.74) is 7.83. The van der Waals surface area contributed by atoms with E-state index < -0.39 is 0 Å². The highest BCUT2D eigenvalue weighted by Gasteiger charge is 2.36. The average Bonchev–Trinajstić information content (AvgIpc) is 3.14. The summed E-state index contributed by atoms with van der Waals surface area (Å²) < 4.78 is 5.66. The van der Waals surface area contributed by atoms with E-state index in [0.29, 0.717) is 18.3 Å². The van der Waals surface area contributed by atoms with Crippen LogP contribution in [0.4, 0.5) is 0 Å². The van der Waals surface area contributed by atoms with Crippen molar-refractivity contribution in [2.45, 2.75) is 25.0 Å². The van der Waals surface area contributed by atoms with Gasteiger partial charge in [0.05, 0.1) is 0 Å². The zero-order valence-corrected chi connectivity index (χ0v) is 10.6. The molecule has 1 fully saturated rings. The summed E-state index contributed by atoms with van der Waals surface area (Å²) in [5.74, 6) is 1.27. The number of phenols is 1. The van der Waals surface area contributed by atoms with E-state index in [-0.39, 0.29) is 11.8 Å². The van der Waals surface area contributed by atoms with Crippen LogP contribution in [0.1, 0.15) is 23.5 Å². The van der Waals surface area contributed by atoms with E-state index in [4.69, 9.17) is 10.5 Å². The Labute approximate surface area is 112 Å². The van der Waals surface area contributed by atoms with Crippen LogP contribution in [0.15, 0.2) is 48.5 Å². The fraction of sp³-hybridized carbons (Fsp3) is 0.250. The van der Waals surface area contributed by atoms with E-state index in [9.17, 15) is 5.11 Å². The normalized spacial score (nSPS) is 21.1. The van der Waals surface area contributed by atoms with E-state index in [1.165, 1.54) is 0 Å². The second-order valence-electron chi connectivity index (χ2n) is 5.00. The summed E-state index contributed by atoms with van der Waals surface area (Å²) in [7, 11) is 0. The molecule has 3 N–H and O–H groups in total. The summed E-state index contributed by atoms with van der Waals surface area (Å²) in [4.78, 5) is 0. The van der Waals surface area contributed by atoms with Crippen molar-refractivity contribution in [3.8, 4) is 11.5 Å². The summed E-state index contributed by atoms with van der Waals surface area (Å²) in [6.07, 6.45) is 0.956. The maximum atomic E-state index is 9.98. The Balaban J connectivity index is 1.67. The van der Waals surface area contributed by atoms with Gasteiger partial charge in [-0.05, 0) is 23.6 Å². The van der Waals surface area contributed by atoms with Crippen LogP contribution in [0.25, 0.3) is 0 Å². The molecule has 2 aromatic carbocycles. The number of nitrogens with two attached hydrogens (primary N) is 1. The molecule has 98 valence electrons. The molecule has 3 nitrogen and oxygen atoms in total. The first-order valence-electron chi connectivity index (χ1n) is 6.49. The fourth-order valence-corrected chi connectivity index (χ4v) is 2.24. The second-order valence-corrected chi connectivity index (χ2v) is 5.00. The number of hydrogen-bond acceptors (Lipinski definition) is 3. The van der Waals surface area contributed by atoms with Crippen LogP contribution in [0.5, 0.6) is 11.5 Å². The van der Waals surface area contributed by atoms with E-state index in [1.54, 1.807) is 6.07 Å². The summed E-state index contributed by atoms with van der Waals surface area (Å²) in [6, 6.07) is 15.6. The second kappa shape index (κ2) is 4.94. The molecule has 0 unspecified atom stereocenters. The number of ether oxygens (including phenoxy) is 1. The molecule has 0 bridgehead atoms. The zero-order valence-electron chi connectivity index (χ0n) is 10.6. The lowest BCUT2D eigenvalue weighted by atomic mass is 10.1. The Morgan fingerprint density at radius 1 is 1.16 bits per heavy atom. The van der Waals surface area contributed by atoms with Gasteiger partial charge in [-0.2, -0.15) is 0 Å². The van der Waals surface area contributed by atoms with E-state index in [2.05, 4.69) is 0 Å². The minimum absolute atomic E-state index is 0.196. The van der Waals surface area contributed by atoms with Crippen LogP contribution in [-0.2, 0) is 6.61 Å². The predicted octanol–water partition coefficient (Wildman–Crippen LogP) is 2.79. The zero-order chi connectivity index (χ0) is 13.2. The van der Waals surface area contributed by atoms with Gasteiger partial charge in [-0.15, -0.1) is 0 Å². The van der Waals surface area contributed by atoms with Crippen LogP contribution in [0.2, 0.25) is 0 Å². The van der Waals surface area contributed by atoms with E-state index in [1.807, 2.05) is 42.5 Å². The molecule has 1 saturated carbocycles. The highest BCUT2D eigenvalue weighted by atomic mass is 16.5. The smallest absolute Gasteiger partial charge is 0.123 e. The molecule has 0 aliphatic heterocycles. The van der Waals surface area contributed by atoms with Crippen LogP contribution in [-0.4, -0.2) is 11.1 Å². The number of aromatic hydroxyl groups is 1. The van der Waals surface area contributed by atoms with Crippen LogP contribution in [0.3, 0.4) is 0 Å². The lowest BCUT2D eigenvalue weighted by Crippen LogP contribution is -2.01. The van der Waals surface area contributed by atoms with Gasteiger partial charge in [0.1, 0.15) is 18.1 Å². The molecule has 0 heterocycles. The number of benzene rings is 2. The first kappa shape index (κ1) is 12.1. The standard InChI is InChI=1S/C16H17NO2/c17-15-9-14(15)13-7-6-12(8-16(13)18)19-10-11-4-2-1-3-5-11/h1-8,14-15,18H,9-10,17H2/t14-,15+/m0/s1. The third-order valence-corrected chi connectivity index (χ3v) is 3.49. The van der Waals surface area contributed by atoms with Crippen molar-refractivity contribution in [3.05, 3.63) is 59.7 Å². The van der Waals surface area contributed by atoms with E-state index in [0.717, 1.165) is 17.5 Å². The van der Waals surface area contributed by atoms with Gasteiger partial charge < -0.3 is 15.6 Å². The number of hydrogen-bond donors (Lipinski definition) is 2. The Hall–Kier alpha value is -2.00. The Morgan fingerprint density at radius 2 is 1.89 bits per heavy atom. The third kappa shape index (κ3) is 2.71. The number of phenolic OH excluding ortho intramolecular Hbond substituents is 1. The quantitative estimate of drug-likeness (QED) is 0.883. The largest absolute Gasteiger partial charge is 0.508 e. The minimum Gasteiger partial charge on any atom is -0.508 e. The summed E-state index contributed by atoms with van der Waals surface area (Å²) >= 11 is 0. The summed E-state index contributed by atoms with van der Waals surface area (Å²) in [6.45, 7) is 0.503. The van der Waals surface area contributed by atoms with Gasteiger partial charge in [-0.1, -0.05) is 36.4 Å². The average molecular weight is 255 g/mol. The molecule has 2 aromatic rings. The Kier molecular flexibility index (Phi) is 3.13. The van der Waals surface area contributed by atoms with Crippen LogP contribution in [0, 0.1) is 0 Å². The Morgan fingerprint density at radius 3 is 2.53 bits per heavy atom. The van der Waals surface area contributed by atoms with Gasteiger partial charge in [-0.3, -0.25) is 0 Å². The molecule has 1 aliphatic carbocycles. The van der Waals surface area contributed by atoms with Crippen molar-refractivity contribution < 1.29 is 9.84 Å². The van der Waals surface area contributed by atoms with Crippen molar-refractivity contribution in [2.75, 3.05) is 0 Å². The summed E-state index contributed by atoms with van der Waals surface area (Å²) in [5, 5.41) is 9.98. The van der Waals surface area contributed by atoms with Gasteiger partial charge in [0.15, 0.2) is 0 Å². The van der Waals surface area contributed by atoms with Gasteiger partial charge in [0.2, 0.25) is 0 Å². The first-order valence-corrected chi connectivity index (χ1v) is 6.49. The van der Waals surface area contributed by atoms with E-state index >= 15 is 0 Å². The van der Waals surface area contributed by atoms with Crippen LogP contribution >= 0.6 is 0 Å². The van der Waals surface area contributed by atoms with Gasteiger partial charge >= 0.3 is 0 Å². The lowest BCUT2D eigenvalue weighted by molar-refractivity contribution is 0.304. The van der Waals surface area contributed by atoms with Gasteiger partial charge in [0, 0.05) is 18.0 Å². The monoisotopic (exact) mass is 255 g/mol. The predicted molar refractivity (Wildman–Crippen MR) is 74.2 cm³/mol. The van der Waals surface area contributed by atoms with Gasteiger partial charge in [-0.25, -0.2) is 0 Å². The maximum Gasteiger partial charge on any atom is 0.123 e. The van der Waals surface area contributed by atoms with Crippen LogP contribution < -0.4 is 10.5 Å². The molecule has 0 saturated heterocycles. The molecule has 0 spiro atoms. The maximum absolute atomic E-state index is 9.98. The molecular formula is C16H17NO2. The molecular weight excluding hydrogens is 238 g/mol. The molecule has 1 aliphatic rings. The van der Waals surface area contributed by atoms with Crippen molar-refractivity contribution in [2.24, 2.45) is 5.73 Å². The minimum atomic E-state index is 0.196. The number of rotatable bonds is 4. The van der Waals surface area contributed by atoms with Crippen molar-refractivity contribution >= 4 is 0 Å².